The van der Waals surface area contributed by atoms with Gasteiger partial charge in [-0.25, -0.2) is 4.98 Å². The zero-order chi connectivity index (χ0) is 19.6. The minimum absolute atomic E-state index is 0.333. The maximum Gasteiger partial charge on any atom is 0.231 e. The van der Waals surface area contributed by atoms with Gasteiger partial charge in [-0.15, -0.1) is 11.3 Å². The van der Waals surface area contributed by atoms with E-state index in [-0.39, 0.29) is 0 Å². The minimum Gasteiger partial charge on any atom is -0.454 e. The van der Waals surface area contributed by atoms with Crippen molar-refractivity contribution in [3.8, 4) is 22.1 Å². The molecular formula is C23H25N3O2S. The lowest BCUT2D eigenvalue weighted by Crippen LogP contribution is -2.45. The van der Waals surface area contributed by atoms with Gasteiger partial charge in [0.1, 0.15) is 5.01 Å². The zero-order valence-electron chi connectivity index (χ0n) is 16.6. The van der Waals surface area contributed by atoms with Crippen molar-refractivity contribution in [3.63, 3.8) is 0 Å². The first-order chi connectivity index (χ1) is 14.2. The quantitative estimate of drug-likeness (QED) is 0.635. The lowest BCUT2D eigenvalue weighted by atomic mass is 10.1. The summed E-state index contributed by atoms with van der Waals surface area (Å²) in [4.78, 5) is 9.87. The molecule has 0 amide bonds. The highest BCUT2D eigenvalue weighted by Gasteiger charge is 2.20. The van der Waals surface area contributed by atoms with Crippen LogP contribution in [0.4, 0.5) is 0 Å². The van der Waals surface area contributed by atoms with Gasteiger partial charge in [-0.3, -0.25) is 9.80 Å². The minimum atomic E-state index is 0.333. The van der Waals surface area contributed by atoms with Crippen molar-refractivity contribution in [3.05, 3.63) is 64.7 Å². The summed E-state index contributed by atoms with van der Waals surface area (Å²) in [6, 6.07) is 14.9. The molecule has 0 radical (unpaired) electrons. The highest BCUT2D eigenvalue weighted by Crippen LogP contribution is 2.33. The van der Waals surface area contributed by atoms with E-state index in [1.54, 1.807) is 11.3 Å². The maximum atomic E-state index is 5.50. The number of aromatic nitrogens is 1. The molecule has 6 heteroatoms. The topological polar surface area (TPSA) is 37.8 Å². The van der Waals surface area contributed by atoms with Crippen LogP contribution < -0.4 is 9.47 Å². The molecule has 0 aliphatic carbocycles. The van der Waals surface area contributed by atoms with Crippen molar-refractivity contribution in [2.24, 2.45) is 0 Å². The first-order valence-corrected chi connectivity index (χ1v) is 11.0. The van der Waals surface area contributed by atoms with Gasteiger partial charge in [-0.2, -0.15) is 0 Å². The Morgan fingerprint density at radius 2 is 1.62 bits per heavy atom. The summed E-state index contributed by atoms with van der Waals surface area (Å²) < 4.78 is 10.9. The van der Waals surface area contributed by atoms with Gasteiger partial charge in [-0.1, -0.05) is 35.9 Å². The van der Waals surface area contributed by atoms with Crippen molar-refractivity contribution in [2.45, 2.75) is 20.0 Å². The number of piperazine rings is 1. The molecule has 2 aliphatic rings. The number of aryl methyl sites for hydroxylation is 1. The molecular weight excluding hydrogens is 382 g/mol. The number of nitrogens with zero attached hydrogens (tertiary/aromatic N) is 3. The molecule has 29 heavy (non-hydrogen) atoms. The van der Waals surface area contributed by atoms with E-state index in [0.717, 1.165) is 55.8 Å². The summed E-state index contributed by atoms with van der Waals surface area (Å²) in [5, 5.41) is 3.32. The van der Waals surface area contributed by atoms with Crippen LogP contribution in [-0.2, 0) is 13.1 Å². The van der Waals surface area contributed by atoms with Crippen molar-refractivity contribution in [1.29, 1.82) is 0 Å². The summed E-state index contributed by atoms with van der Waals surface area (Å²) in [5.41, 5.74) is 4.95. The van der Waals surface area contributed by atoms with E-state index < -0.39 is 0 Å². The summed E-state index contributed by atoms with van der Waals surface area (Å²) in [5.74, 6) is 1.72. The predicted octanol–water partition coefficient (Wildman–Crippen LogP) is 4.17. The van der Waals surface area contributed by atoms with Crippen LogP contribution in [0.2, 0.25) is 0 Å². The Morgan fingerprint density at radius 1 is 0.897 bits per heavy atom. The predicted molar refractivity (Wildman–Crippen MR) is 115 cm³/mol. The van der Waals surface area contributed by atoms with E-state index in [4.69, 9.17) is 14.5 Å². The van der Waals surface area contributed by atoms with Gasteiger partial charge >= 0.3 is 0 Å². The fraction of sp³-hybridized carbons (Fsp3) is 0.348. The average Bonchev–Trinajstić information content (AvgIpc) is 3.39. The Hall–Kier alpha value is -2.41. The smallest absolute Gasteiger partial charge is 0.231 e. The van der Waals surface area contributed by atoms with E-state index in [1.165, 1.54) is 22.4 Å². The van der Waals surface area contributed by atoms with Gasteiger partial charge in [-0.05, 0) is 24.6 Å². The van der Waals surface area contributed by atoms with E-state index in [2.05, 4.69) is 58.5 Å². The Bertz CT molecular complexity index is 978. The molecule has 1 saturated heterocycles. The number of thiazole rings is 1. The van der Waals surface area contributed by atoms with E-state index in [9.17, 15) is 0 Å². The molecule has 0 bridgehead atoms. The summed E-state index contributed by atoms with van der Waals surface area (Å²) in [6.07, 6.45) is 0. The fourth-order valence-corrected chi connectivity index (χ4v) is 4.66. The normalized spacial score (nSPS) is 17.0. The van der Waals surface area contributed by atoms with Crippen molar-refractivity contribution < 1.29 is 9.47 Å². The molecule has 0 N–H and O–H groups in total. The number of rotatable bonds is 5. The molecule has 2 aliphatic heterocycles. The Morgan fingerprint density at radius 3 is 2.41 bits per heavy atom. The van der Waals surface area contributed by atoms with Crippen molar-refractivity contribution >= 4 is 11.3 Å². The van der Waals surface area contributed by atoms with Crippen LogP contribution in [0.1, 0.15) is 16.8 Å². The second kappa shape index (κ2) is 8.14. The second-order valence-corrected chi connectivity index (χ2v) is 8.61. The Kier molecular flexibility index (Phi) is 5.23. The summed E-state index contributed by atoms with van der Waals surface area (Å²) in [7, 11) is 0. The number of fused-ring (bicyclic) bond motifs is 1. The van der Waals surface area contributed by atoms with E-state index in [0.29, 0.717) is 6.79 Å². The molecule has 150 valence electrons. The molecule has 0 atom stereocenters. The second-order valence-electron chi connectivity index (χ2n) is 7.75. The van der Waals surface area contributed by atoms with Crippen molar-refractivity contribution in [2.75, 3.05) is 33.0 Å². The van der Waals surface area contributed by atoms with Gasteiger partial charge in [0.05, 0.1) is 5.69 Å². The lowest BCUT2D eigenvalue weighted by Gasteiger charge is -2.34. The standard InChI is InChI=1S/C23H25N3O2S/c1-17-2-5-19(6-3-17)23-24-20(15-29-23)14-26-10-8-25(9-11-26)13-18-4-7-21-22(12-18)28-16-27-21/h2-7,12,15H,8-11,13-14,16H2,1H3. The van der Waals surface area contributed by atoms with Crippen LogP contribution in [-0.4, -0.2) is 47.8 Å². The Labute approximate surface area is 175 Å². The molecule has 3 aromatic rings. The number of benzene rings is 2. The van der Waals surface area contributed by atoms with Gasteiger partial charge in [0.25, 0.3) is 0 Å². The highest BCUT2D eigenvalue weighted by molar-refractivity contribution is 7.13. The highest BCUT2D eigenvalue weighted by atomic mass is 32.1. The molecule has 1 fully saturated rings. The first kappa shape index (κ1) is 18.6. The van der Waals surface area contributed by atoms with Crippen LogP contribution in [0.25, 0.3) is 10.6 Å². The molecule has 2 aromatic carbocycles. The number of ether oxygens (including phenoxy) is 2. The van der Waals surface area contributed by atoms with Crippen LogP contribution >= 0.6 is 11.3 Å². The van der Waals surface area contributed by atoms with Gasteiger partial charge in [0, 0.05) is 50.2 Å². The van der Waals surface area contributed by atoms with Gasteiger partial charge in [0.2, 0.25) is 6.79 Å². The largest absolute Gasteiger partial charge is 0.454 e. The van der Waals surface area contributed by atoms with Crippen LogP contribution in [0.5, 0.6) is 11.5 Å². The number of hydrogen-bond acceptors (Lipinski definition) is 6. The summed E-state index contributed by atoms with van der Waals surface area (Å²) >= 11 is 1.74. The van der Waals surface area contributed by atoms with Crippen LogP contribution in [0.3, 0.4) is 0 Å². The number of hydrogen-bond donors (Lipinski definition) is 0. The molecule has 0 saturated carbocycles. The van der Waals surface area contributed by atoms with Crippen LogP contribution in [0, 0.1) is 6.92 Å². The van der Waals surface area contributed by atoms with E-state index in [1.807, 2.05) is 6.07 Å². The third-order valence-corrected chi connectivity index (χ3v) is 6.48. The maximum absolute atomic E-state index is 5.50. The van der Waals surface area contributed by atoms with Crippen molar-refractivity contribution in [1.82, 2.24) is 14.8 Å². The molecule has 3 heterocycles. The third-order valence-electron chi connectivity index (χ3n) is 5.54. The molecule has 1 aromatic heterocycles. The van der Waals surface area contributed by atoms with Gasteiger partial charge < -0.3 is 9.47 Å². The molecule has 0 unspecified atom stereocenters. The van der Waals surface area contributed by atoms with E-state index >= 15 is 0 Å². The summed E-state index contributed by atoms with van der Waals surface area (Å²) in [6.45, 7) is 8.62. The molecule has 5 nitrogen and oxygen atoms in total. The SMILES string of the molecule is Cc1ccc(-c2nc(CN3CCN(Cc4ccc5c(c4)OCO5)CC3)cs2)cc1. The Balaban J connectivity index is 1.14. The fourth-order valence-electron chi connectivity index (χ4n) is 3.84. The first-order valence-electron chi connectivity index (χ1n) is 10.1. The zero-order valence-corrected chi connectivity index (χ0v) is 17.5. The molecule has 5 rings (SSSR count). The monoisotopic (exact) mass is 407 g/mol. The van der Waals surface area contributed by atoms with Crippen LogP contribution in [0.15, 0.2) is 47.8 Å². The molecule has 0 spiro atoms. The average molecular weight is 408 g/mol. The lowest BCUT2D eigenvalue weighted by molar-refractivity contribution is 0.121. The third kappa shape index (κ3) is 4.29. The van der Waals surface area contributed by atoms with Gasteiger partial charge in [0.15, 0.2) is 11.5 Å².